The number of amides is 1. The molecule has 0 heterocycles. The van der Waals surface area contributed by atoms with E-state index in [2.05, 4.69) is 5.32 Å². The Hall–Kier alpha value is -2.31. The lowest BCUT2D eigenvalue weighted by atomic mass is 10.2. The van der Waals surface area contributed by atoms with E-state index in [1.807, 2.05) is 0 Å². The van der Waals surface area contributed by atoms with Crippen LogP contribution in [-0.4, -0.2) is 17.9 Å². The third kappa shape index (κ3) is 3.47. The van der Waals surface area contributed by atoms with Crippen LogP contribution in [0.5, 0.6) is 5.75 Å². The van der Waals surface area contributed by atoms with Crippen molar-refractivity contribution >= 4 is 40.5 Å². The Labute approximate surface area is 135 Å². The van der Waals surface area contributed by atoms with Gasteiger partial charge in [-0.05, 0) is 24.3 Å². The van der Waals surface area contributed by atoms with E-state index in [4.69, 9.17) is 27.9 Å². The van der Waals surface area contributed by atoms with Gasteiger partial charge in [0.15, 0.2) is 0 Å². The second-order valence-corrected chi connectivity index (χ2v) is 5.04. The smallest absolute Gasteiger partial charge is 0.270 e. The number of ether oxygens (including phenoxy) is 1. The van der Waals surface area contributed by atoms with Gasteiger partial charge in [0.2, 0.25) is 0 Å². The normalized spacial score (nSPS) is 10.1. The van der Waals surface area contributed by atoms with Crippen molar-refractivity contribution in [2.45, 2.75) is 0 Å². The fraction of sp³-hybridized carbons (Fsp3) is 0.0714. The van der Waals surface area contributed by atoms with Crippen LogP contribution < -0.4 is 10.1 Å². The number of non-ortho nitro benzene ring substituents is 1. The van der Waals surface area contributed by atoms with Crippen molar-refractivity contribution in [1.82, 2.24) is 0 Å². The van der Waals surface area contributed by atoms with Crippen LogP contribution >= 0.6 is 23.2 Å². The summed E-state index contributed by atoms with van der Waals surface area (Å²) in [5, 5.41) is 13.6. The van der Waals surface area contributed by atoms with Crippen LogP contribution in [0, 0.1) is 10.1 Å². The van der Waals surface area contributed by atoms with E-state index in [-0.39, 0.29) is 16.3 Å². The first-order valence-corrected chi connectivity index (χ1v) is 6.77. The number of carbonyl (C=O) groups excluding carboxylic acids is 1. The molecule has 0 saturated carbocycles. The first-order chi connectivity index (χ1) is 10.4. The van der Waals surface area contributed by atoms with Gasteiger partial charge in [-0.15, -0.1) is 0 Å². The molecule has 6 nitrogen and oxygen atoms in total. The Morgan fingerprint density at radius 3 is 2.45 bits per heavy atom. The van der Waals surface area contributed by atoms with Gasteiger partial charge in [0.1, 0.15) is 5.75 Å². The van der Waals surface area contributed by atoms with Crippen molar-refractivity contribution in [3.63, 3.8) is 0 Å². The summed E-state index contributed by atoms with van der Waals surface area (Å²) in [6.45, 7) is 0. The molecule has 1 N–H and O–H groups in total. The Balaban J connectivity index is 2.22. The molecule has 22 heavy (non-hydrogen) atoms. The summed E-state index contributed by atoms with van der Waals surface area (Å²) in [6, 6.07) is 8.37. The van der Waals surface area contributed by atoms with Gasteiger partial charge in [0.05, 0.1) is 27.6 Å². The summed E-state index contributed by atoms with van der Waals surface area (Å²) in [5.41, 5.74) is 0.387. The fourth-order valence-electron chi connectivity index (χ4n) is 1.74. The average Bonchev–Trinajstić information content (AvgIpc) is 2.47. The number of nitro groups is 1. The van der Waals surface area contributed by atoms with Crippen molar-refractivity contribution in [2.24, 2.45) is 0 Å². The molecule has 114 valence electrons. The zero-order chi connectivity index (χ0) is 16.3. The minimum atomic E-state index is -0.586. The number of hydrogen-bond donors (Lipinski definition) is 1. The molecule has 1 amide bonds. The maximum absolute atomic E-state index is 12.1. The molecule has 0 aliphatic carbocycles. The van der Waals surface area contributed by atoms with Gasteiger partial charge < -0.3 is 10.1 Å². The first-order valence-electron chi connectivity index (χ1n) is 6.01. The standard InChI is InChI=1S/C14H10Cl2N2O4/c1-22-13-5-2-8(6-12(13)16)17-14(19)10-4-3-9(18(20)21)7-11(10)15/h2-7H,1H3,(H,17,19). The molecule has 0 bridgehead atoms. The van der Waals surface area contributed by atoms with Crippen LogP contribution in [-0.2, 0) is 0 Å². The number of methoxy groups -OCH3 is 1. The van der Waals surface area contributed by atoms with Gasteiger partial charge in [-0.1, -0.05) is 23.2 Å². The second kappa shape index (κ2) is 6.64. The fourth-order valence-corrected chi connectivity index (χ4v) is 2.26. The van der Waals surface area contributed by atoms with E-state index in [9.17, 15) is 14.9 Å². The summed E-state index contributed by atoms with van der Waals surface area (Å²) >= 11 is 11.9. The van der Waals surface area contributed by atoms with Crippen LogP contribution in [0.3, 0.4) is 0 Å². The zero-order valence-electron chi connectivity index (χ0n) is 11.3. The van der Waals surface area contributed by atoms with Crippen molar-refractivity contribution in [3.8, 4) is 5.75 Å². The molecule has 0 aliphatic rings. The third-order valence-electron chi connectivity index (χ3n) is 2.82. The van der Waals surface area contributed by atoms with E-state index in [1.54, 1.807) is 12.1 Å². The SMILES string of the molecule is COc1ccc(NC(=O)c2ccc([N+](=O)[O-])cc2Cl)cc1Cl. The monoisotopic (exact) mass is 340 g/mol. The number of rotatable bonds is 4. The molecule has 0 atom stereocenters. The van der Waals surface area contributed by atoms with Gasteiger partial charge >= 0.3 is 0 Å². The van der Waals surface area contributed by atoms with E-state index in [0.717, 1.165) is 6.07 Å². The molecule has 0 radical (unpaired) electrons. The molecule has 0 aromatic heterocycles. The molecule has 0 spiro atoms. The molecule has 2 aromatic rings. The van der Waals surface area contributed by atoms with Crippen molar-refractivity contribution in [2.75, 3.05) is 12.4 Å². The van der Waals surface area contributed by atoms with Gasteiger partial charge in [-0.2, -0.15) is 0 Å². The van der Waals surface area contributed by atoms with Crippen molar-refractivity contribution in [3.05, 3.63) is 62.1 Å². The lowest BCUT2D eigenvalue weighted by Crippen LogP contribution is -2.12. The van der Waals surface area contributed by atoms with Crippen LogP contribution in [0.2, 0.25) is 10.0 Å². The number of nitrogens with one attached hydrogen (secondary N) is 1. The van der Waals surface area contributed by atoms with E-state index < -0.39 is 10.8 Å². The quantitative estimate of drug-likeness (QED) is 0.669. The van der Waals surface area contributed by atoms with Crippen molar-refractivity contribution < 1.29 is 14.5 Å². The number of halogens is 2. The molecular formula is C14H10Cl2N2O4. The highest BCUT2D eigenvalue weighted by atomic mass is 35.5. The number of nitro benzene ring substituents is 1. The van der Waals surface area contributed by atoms with E-state index >= 15 is 0 Å². The summed E-state index contributed by atoms with van der Waals surface area (Å²) in [4.78, 5) is 22.2. The molecule has 0 unspecified atom stereocenters. The average molecular weight is 341 g/mol. The molecule has 0 fully saturated rings. The molecule has 0 aliphatic heterocycles. The second-order valence-electron chi connectivity index (χ2n) is 4.22. The first kappa shape index (κ1) is 16.1. The van der Waals surface area contributed by atoms with Gasteiger partial charge in [0.25, 0.3) is 11.6 Å². The van der Waals surface area contributed by atoms with E-state index in [1.165, 1.54) is 25.3 Å². The van der Waals surface area contributed by atoms with E-state index in [0.29, 0.717) is 16.5 Å². The maximum atomic E-state index is 12.1. The number of nitrogens with zero attached hydrogens (tertiary/aromatic N) is 1. The Morgan fingerprint density at radius 2 is 1.91 bits per heavy atom. The predicted molar refractivity (Wildman–Crippen MR) is 84.1 cm³/mol. The topological polar surface area (TPSA) is 81.5 Å². The number of benzene rings is 2. The Bertz CT molecular complexity index is 750. The lowest BCUT2D eigenvalue weighted by molar-refractivity contribution is -0.384. The minimum absolute atomic E-state index is 0.00805. The van der Waals surface area contributed by atoms with Gasteiger partial charge in [0, 0.05) is 17.8 Å². The number of anilines is 1. The van der Waals surface area contributed by atoms with Crippen LogP contribution in [0.25, 0.3) is 0 Å². The zero-order valence-corrected chi connectivity index (χ0v) is 12.8. The van der Waals surface area contributed by atoms with Crippen LogP contribution in [0.4, 0.5) is 11.4 Å². The minimum Gasteiger partial charge on any atom is -0.495 e. The molecule has 8 heteroatoms. The summed E-state index contributed by atoms with van der Waals surface area (Å²) < 4.78 is 5.01. The number of carbonyl (C=O) groups is 1. The van der Waals surface area contributed by atoms with Gasteiger partial charge in [-0.3, -0.25) is 14.9 Å². The van der Waals surface area contributed by atoms with Gasteiger partial charge in [-0.25, -0.2) is 0 Å². The summed E-state index contributed by atoms with van der Waals surface area (Å²) in [7, 11) is 1.48. The highest BCUT2D eigenvalue weighted by Gasteiger charge is 2.15. The van der Waals surface area contributed by atoms with Crippen LogP contribution in [0.15, 0.2) is 36.4 Å². The highest BCUT2D eigenvalue weighted by molar-refractivity contribution is 6.35. The predicted octanol–water partition coefficient (Wildman–Crippen LogP) is 4.16. The van der Waals surface area contributed by atoms with Crippen molar-refractivity contribution in [1.29, 1.82) is 0 Å². The summed E-state index contributed by atoms with van der Waals surface area (Å²) in [6.07, 6.45) is 0. The largest absolute Gasteiger partial charge is 0.495 e. The Morgan fingerprint density at radius 1 is 1.18 bits per heavy atom. The number of hydrogen-bond acceptors (Lipinski definition) is 4. The molecule has 0 saturated heterocycles. The third-order valence-corrected chi connectivity index (χ3v) is 3.43. The molecule has 2 rings (SSSR count). The lowest BCUT2D eigenvalue weighted by Gasteiger charge is -2.09. The summed E-state index contributed by atoms with van der Waals surface area (Å²) in [5.74, 6) is -0.0193. The molecule has 2 aromatic carbocycles. The maximum Gasteiger partial charge on any atom is 0.270 e. The van der Waals surface area contributed by atoms with Crippen LogP contribution in [0.1, 0.15) is 10.4 Å². The Kier molecular flexibility index (Phi) is 4.85. The molecular weight excluding hydrogens is 331 g/mol. The highest BCUT2D eigenvalue weighted by Crippen LogP contribution is 2.28.